The zero-order valence-electron chi connectivity index (χ0n) is 18.9. The Bertz CT molecular complexity index is 1240. The molecule has 0 fully saturated rings. The summed E-state index contributed by atoms with van der Waals surface area (Å²) in [6, 6.07) is 22.0. The molecule has 4 aromatic rings. The molecular weight excluding hydrogens is 394 g/mol. The normalized spacial score (nSPS) is 12.0. The number of nitrogens with one attached hydrogen (secondary N) is 1. The van der Waals surface area contributed by atoms with E-state index in [0.717, 1.165) is 28.6 Å². The number of benzene rings is 3. The molecule has 162 valence electrons. The van der Waals surface area contributed by atoms with Crippen LogP contribution in [0.25, 0.3) is 10.9 Å². The molecule has 3 N–H and O–H groups in total. The second-order valence-electron chi connectivity index (χ2n) is 8.55. The first-order valence-corrected chi connectivity index (χ1v) is 11.0. The van der Waals surface area contributed by atoms with Crippen LogP contribution in [0.3, 0.4) is 0 Å². The SMILES string of the molecule is Cc1cc(C)c(CC(N)C(=O)Nc2ccnc3ccc(Cc4ccccc4)cc23)c(C)c1. The first kappa shape index (κ1) is 21.7. The predicted molar refractivity (Wildman–Crippen MR) is 132 cm³/mol. The molecule has 1 unspecified atom stereocenters. The molecule has 1 aromatic heterocycles. The minimum Gasteiger partial charge on any atom is -0.324 e. The molecule has 0 spiro atoms. The van der Waals surface area contributed by atoms with Gasteiger partial charge in [-0.1, -0.05) is 54.1 Å². The highest BCUT2D eigenvalue weighted by Gasteiger charge is 2.18. The molecule has 0 saturated heterocycles. The molecule has 3 aromatic carbocycles. The Morgan fingerprint density at radius 1 is 0.938 bits per heavy atom. The van der Waals surface area contributed by atoms with Crippen LogP contribution < -0.4 is 11.1 Å². The van der Waals surface area contributed by atoms with Gasteiger partial charge in [0.25, 0.3) is 0 Å². The number of anilines is 1. The van der Waals surface area contributed by atoms with Gasteiger partial charge in [-0.05, 0) is 79.6 Å². The van der Waals surface area contributed by atoms with Gasteiger partial charge in [0, 0.05) is 11.6 Å². The first-order chi connectivity index (χ1) is 15.4. The lowest BCUT2D eigenvalue weighted by Gasteiger charge is -2.17. The summed E-state index contributed by atoms with van der Waals surface area (Å²) in [7, 11) is 0. The van der Waals surface area contributed by atoms with Crippen LogP contribution >= 0.6 is 0 Å². The van der Waals surface area contributed by atoms with Gasteiger partial charge >= 0.3 is 0 Å². The van der Waals surface area contributed by atoms with E-state index < -0.39 is 6.04 Å². The van der Waals surface area contributed by atoms with Crippen molar-refractivity contribution in [2.24, 2.45) is 5.73 Å². The Morgan fingerprint density at radius 3 is 2.38 bits per heavy atom. The van der Waals surface area contributed by atoms with Crippen molar-refractivity contribution in [3.8, 4) is 0 Å². The van der Waals surface area contributed by atoms with E-state index in [-0.39, 0.29) is 5.91 Å². The fraction of sp³-hybridized carbons (Fsp3) is 0.214. The maximum Gasteiger partial charge on any atom is 0.241 e. The lowest BCUT2D eigenvalue weighted by Crippen LogP contribution is -2.37. The Balaban J connectivity index is 1.55. The molecule has 1 amide bonds. The molecule has 0 radical (unpaired) electrons. The highest BCUT2D eigenvalue weighted by atomic mass is 16.2. The standard InChI is InChI=1S/C28H29N3O/c1-18-13-19(2)23(20(3)14-18)17-25(29)28(32)31-27-11-12-30-26-10-9-22(16-24(26)27)15-21-7-5-4-6-8-21/h4-14,16,25H,15,17,29H2,1-3H3,(H,30,31,32). The summed E-state index contributed by atoms with van der Waals surface area (Å²) in [4.78, 5) is 17.4. The number of aromatic nitrogens is 1. The van der Waals surface area contributed by atoms with Crippen LogP contribution in [0.1, 0.15) is 33.4 Å². The Morgan fingerprint density at radius 2 is 1.66 bits per heavy atom. The summed E-state index contributed by atoms with van der Waals surface area (Å²) < 4.78 is 0. The van der Waals surface area contributed by atoms with Gasteiger partial charge in [-0.3, -0.25) is 9.78 Å². The average Bonchev–Trinajstić information content (AvgIpc) is 2.77. The molecule has 0 aliphatic heterocycles. The zero-order chi connectivity index (χ0) is 22.7. The van der Waals surface area contributed by atoms with E-state index in [1.54, 1.807) is 6.20 Å². The maximum absolute atomic E-state index is 13.0. The molecule has 4 rings (SSSR count). The smallest absolute Gasteiger partial charge is 0.241 e. The molecule has 4 heteroatoms. The van der Waals surface area contributed by atoms with E-state index in [1.807, 2.05) is 30.3 Å². The van der Waals surface area contributed by atoms with Gasteiger partial charge in [0.2, 0.25) is 5.91 Å². The molecule has 4 nitrogen and oxygen atoms in total. The van der Waals surface area contributed by atoms with Crippen molar-refractivity contribution >= 4 is 22.5 Å². The van der Waals surface area contributed by atoms with Gasteiger partial charge in [-0.25, -0.2) is 0 Å². The summed E-state index contributed by atoms with van der Waals surface area (Å²) >= 11 is 0. The van der Waals surface area contributed by atoms with Crippen molar-refractivity contribution in [2.45, 2.75) is 39.7 Å². The molecular formula is C28H29N3O. The van der Waals surface area contributed by atoms with Crippen LogP contribution in [0.15, 0.2) is 72.9 Å². The Hall–Kier alpha value is -3.50. The number of carbonyl (C=O) groups is 1. The number of hydrogen-bond acceptors (Lipinski definition) is 3. The minimum atomic E-state index is -0.633. The average molecular weight is 424 g/mol. The number of hydrogen-bond donors (Lipinski definition) is 2. The van der Waals surface area contributed by atoms with Crippen molar-refractivity contribution < 1.29 is 4.79 Å². The molecule has 0 aliphatic carbocycles. The van der Waals surface area contributed by atoms with E-state index in [9.17, 15) is 4.79 Å². The fourth-order valence-electron chi connectivity index (χ4n) is 4.31. The number of fused-ring (bicyclic) bond motifs is 1. The summed E-state index contributed by atoms with van der Waals surface area (Å²) in [5.74, 6) is -0.190. The minimum absolute atomic E-state index is 0.190. The van der Waals surface area contributed by atoms with Crippen molar-refractivity contribution in [1.29, 1.82) is 0 Å². The third-order valence-electron chi connectivity index (χ3n) is 5.92. The highest BCUT2D eigenvalue weighted by molar-refractivity contribution is 6.03. The topological polar surface area (TPSA) is 68.0 Å². The van der Waals surface area contributed by atoms with Gasteiger partial charge in [0.1, 0.15) is 0 Å². The summed E-state index contributed by atoms with van der Waals surface area (Å²) in [6.07, 6.45) is 3.05. The number of amides is 1. The van der Waals surface area contributed by atoms with E-state index in [2.05, 4.69) is 67.5 Å². The van der Waals surface area contributed by atoms with Crippen LogP contribution in [0.5, 0.6) is 0 Å². The van der Waals surface area contributed by atoms with Crippen molar-refractivity contribution in [2.75, 3.05) is 5.32 Å². The fourth-order valence-corrected chi connectivity index (χ4v) is 4.31. The van der Waals surface area contributed by atoms with Crippen LogP contribution in [0.4, 0.5) is 5.69 Å². The maximum atomic E-state index is 13.0. The van der Waals surface area contributed by atoms with E-state index >= 15 is 0 Å². The van der Waals surface area contributed by atoms with Crippen LogP contribution in [-0.4, -0.2) is 16.9 Å². The lowest BCUT2D eigenvalue weighted by molar-refractivity contribution is -0.117. The Labute approximate surface area is 189 Å². The largest absolute Gasteiger partial charge is 0.324 e. The van der Waals surface area contributed by atoms with Crippen LogP contribution in [-0.2, 0) is 17.6 Å². The second-order valence-corrected chi connectivity index (χ2v) is 8.55. The summed E-state index contributed by atoms with van der Waals surface area (Å²) in [5, 5.41) is 3.96. The first-order valence-electron chi connectivity index (χ1n) is 11.0. The van der Waals surface area contributed by atoms with Crippen molar-refractivity contribution in [1.82, 2.24) is 4.98 Å². The van der Waals surface area contributed by atoms with E-state index in [4.69, 9.17) is 5.73 Å². The molecule has 32 heavy (non-hydrogen) atoms. The molecule has 1 heterocycles. The van der Waals surface area contributed by atoms with Gasteiger partial charge < -0.3 is 11.1 Å². The monoisotopic (exact) mass is 423 g/mol. The third-order valence-corrected chi connectivity index (χ3v) is 5.92. The van der Waals surface area contributed by atoms with Crippen LogP contribution in [0.2, 0.25) is 0 Å². The van der Waals surface area contributed by atoms with Crippen molar-refractivity contribution in [3.05, 3.63) is 106 Å². The predicted octanol–water partition coefficient (Wildman–Crippen LogP) is 5.26. The molecule has 0 saturated carbocycles. The number of aryl methyl sites for hydroxylation is 3. The summed E-state index contributed by atoms with van der Waals surface area (Å²) in [5.41, 5.74) is 15.0. The molecule has 1 atom stereocenters. The highest BCUT2D eigenvalue weighted by Crippen LogP contribution is 2.25. The number of carbonyl (C=O) groups excluding carboxylic acids is 1. The third kappa shape index (κ3) is 4.87. The zero-order valence-corrected chi connectivity index (χ0v) is 18.9. The van der Waals surface area contributed by atoms with Gasteiger partial charge in [0.05, 0.1) is 17.2 Å². The summed E-state index contributed by atoms with van der Waals surface area (Å²) in [6.45, 7) is 6.23. The quantitative estimate of drug-likeness (QED) is 0.444. The molecule has 0 bridgehead atoms. The van der Waals surface area contributed by atoms with Gasteiger partial charge in [-0.15, -0.1) is 0 Å². The number of pyridine rings is 1. The van der Waals surface area contributed by atoms with E-state index in [0.29, 0.717) is 6.42 Å². The Kier molecular flexibility index (Phi) is 6.33. The van der Waals surface area contributed by atoms with Gasteiger partial charge in [0.15, 0.2) is 0 Å². The van der Waals surface area contributed by atoms with E-state index in [1.165, 1.54) is 27.8 Å². The van der Waals surface area contributed by atoms with Crippen molar-refractivity contribution in [3.63, 3.8) is 0 Å². The number of rotatable bonds is 6. The lowest BCUT2D eigenvalue weighted by atomic mass is 9.94. The number of nitrogens with two attached hydrogens (primary N) is 1. The number of nitrogens with zero attached hydrogens (tertiary/aromatic N) is 1. The molecule has 0 aliphatic rings. The van der Waals surface area contributed by atoms with Crippen LogP contribution in [0, 0.1) is 20.8 Å². The second kappa shape index (κ2) is 9.33. The van der Waals surface area contributed by atoms with Gasteiger partial charge in [-0.2, -0.15) is 0 Å².